The summed E-state index contributed by atoms with van der Waals surface area (Å²) < 4.78 is 18.0. The van der Waals surface area contributed by atoms with E-state index in [2.05, 4.69) is 15.5 Å². The van der Waals surface area contributed by atoms with Crippen LogP contribution in [0, 0.1) is 0 Å². The largest absolute Gasteiger partial charge is 0.497 e. The Hall–Kier alpha value is -4.68. The van der Waals surface area contributed by atoms with Crippen molar-refractivity contribution in [1.82, 2.24) is 29.8 Å². The molecule has 0 saturated heterocycles. The third kappa shape index (κ3) is 6.25. The van der Waals surface area contributed by atoms with Crippen LogP contribution in [0.4, 0.5) is 0 Å². The predicted octanol–water partition coefficient (Wildman–Crippen LogP) is 1.53. The second-order valence-corrected chi connectivity index (χ2v) is 8.55. The summed E-state index contributed by atoms with van der Waals surface area (Å²) in [5.74, 6) is -0.564. The van der Waals surface area contributed by atoms with Gasteiger partial charge in [0.2, 0.25) is 0 Å². The lowest BCUT2D eigenvalue weighted by Gasteiger charge is -2.27. The third-order valence-corrected chi connectivity index (χ3v) is 5.99. The zero-order valence-corrected chi connectivity index (χ0v) is 22.0. The molecule has 39 heavy (non-hydrogen) atoms. The zero-order valence-electron chi connectivity index (χ0n) is 22.0. The number of hydrogen-bond acceptors (Lipinski definition) is 9. The highest BCUT2D eigenvalue weighted by Crippen LogP contribution is 2.19. The van der Waals surface area contributed by atoms with Gasteiger partial charge in [-0.25, -0.2) is 9.59 Å². The smallest absolute Gasteiger partial charge is 0.358 e. The fourth-order valence-electron chi connectivity index (χ4n) is 4.09. The average Bonchev–Trinajstić information content (AvgIpc) is 3.58. The molecule has 0 bridgehead atoms. The summed E-state index contributed by atoms with van der Waals surface area (Å²) in [7, 11) is 1.62. The van der Waals surface area contributed by atoms with Gasteiger partial charge in [-0.3, -0.25) is 19.0 Å². The van der Waals surface area contributed by atoms with E-state index in [0.717, 1.165) is 11.3 Å². The lowest BCUT2D eigenvalue weighted by atomic mass is 10.2. The molecule has 13 heteroatoms. The van der Waals surface area contributed by atoms with Crippen LogP contribution in [0.5, 0.6) is 5.75 Å². The number of fused-ring (bicyclic) bond motifs is 2. The van der Waals surface area contributed by atoms with Crippen molar-refractivity contribution in [2.45, 2.75) is 33.5 Å². The van der Waals surface area contributed by atoms with Gasteiger partial charge in [0, 0.05) is 31.8 Å². The number of carbonyl (C=O) groups is 4. The quantitative estimate of drug-likeness (QED) is 0.442. The number of nitrogens with one attached hydrogen (secondary N) is 1. The summed E-state index contributed by atoms with van der Waals surface area (Å²) in [6.45, 7) is 6.75. The summed E-state index contributed by atoms with van der Waals surface area (Å²) in [6.07, 6.45) is 0. The van der Waals surface area contributed by atoms with Gasteiger partial charge < -0.3 is 24.4 Å². The number of carbonyl (C=O) groups excluding carboxylic acids is 4. The van der Waals surface area contributed by atoms with Crippen molar-refractivity contribution in [3.63, 3.8) is 0 Å². The minimum absolute atomic E-state index is 0.139. The van der Waals surface area contributed by atoms with Gasteiger partial charge in [0.15, 0.2) is 11.4 Å². The molecule has 0 radical (unpaired) electrons. The van der Waals surface area contributed by atoms with Gasteiger partial charge in [-0.15, -0.1) is 0 Å². The number of hydrogen-bond donors (Lipinski definition) is 1. The van der Waals surface area contributed by atoms with Gasteiger partial charge in [0.25, 0.3) is 11.8 Å². The van der Waals surface area contributed by atoms with Crippen LogP contribution >= 0.6 is 0 Å². The third-order valence-electron chi connectivity index (χ3n) is 5.99. The minimum Gasteiger partial charge on any atom is -0.497 e. The summed E-state index contributed by atoms with van der Waals surface area (Å²) in [5.41, 5.74) is 2.19. The fourth-order valence-corrected chi connectivity index (χ4v) is 4.09. The van der Waals surface area contributed by atoms with E-state index in [-0.39, 0.29) is 29.8 Å². The molecule has 1 N–H and O–H groups in total. The number of esters is 2. The van der Waals surface area contributed by atoms with Crippen LogP contribution < -0.4 is 10.1 Å². The van der Waals surface area contributed by atoms with Crippen molar-refractivity contribution in [3.8, 4) is 5.75 Å². The van der Waals surface area contributed by atoms with Crippen LogP contribution in [0.2, 0.25) is 0 Å². The molecular weight excluding hydrogens is 508 g/mol. The highest BCUT2D eigenvalue weighted by molar-refractivity contribution is 5.97. The highest BCUT2D eigenvalue weighted by Gasteiger charge is 2.28. The van der Waals surface area contributed by atoms with E-state index < -0.39 is 11.9 Å². The number of benzene rings is 1. The Kier molecular flexibility index (Phi) is 8.59. The van der Waals surface area contributed by atoms with Gasteiger partial charge in [0.1, 0.15) is 17.1 Å². The van der Waals surface area contributed by atoms with Crippen molar-refractivity contribution >= 4 is 23.8 Å². The molecule has 0 fully saturated rings. The van der Waals surface area contributed by atoms with Crippen molar-refractivity contribution in [1.29, 1.82) is 0 Å². The van der Waals surface area contributed by atoms with Crippen molar-refractivity contribution in [3.05, 3.63) is 64.7 Å². The molecule has 5 rings (SSSR count). The SMILES string of the molecule is CCOC(=O)c1cc2n(n1)CCN(Cc1ccc(OC)cc1)C2=O.CCOC(=O)c1cc2n(n1)CCNC2=O. The molecule has 0 spiro atoms. The molecule has 0 unspecified atom stereocenters. The lowest BCUT2D eigenvalue weighted by molar-refractivity contribution is 0.0509. The summed E-state index contributed by atoms with van der Waals surface area (Å²) in [5, 5.41) is 10.8. The zero-order chi connectivity index (χ0) is 27.9. The van der Waals surface area contributed by atoms with E-state index in [0.29, 0.717) is 50.7 Å². The Morgan fingerprint density at radius 1 is 0.872 bits per heavy atom. The van der Waals surface area contributed by atoms with Crippen LogP contribution in [0.15, 0.2) is 36.4 Å². The van der Waals surface area contributed by atoms with Gasteiger partial charge in [-0.2, -0.15) is 10.2 Å². The average molecular weight is 539 g/mol. The van der Waals surface area contributed by atoms with E-state index >= 15 is 0 Å². The number of rotatable bonds is 7. The number of amides is 2. The van der Waals surface area contributed by atoms with Gasteiger partial charge in [-0.05, 0) is 31.5 Å². The number of ether oxygens (including phenoxy) is 3. The van der Waals surface area contributed by atoms with Crippen LogP contribution in [-0.2, 0) is 29.1 Å². The molecule has 2 aliphatic heterocycles. The molecule has 2 amide bonds. The van der Waals surface area contributed by atoms with Crippen LogP contribution in [-0.4, -0.2) is 81.6 Å². The Morgan fingerprint density at radius 3 is 2.03 bits per heavy atom. The van der Waals surface area contributed by atoms with Crippen molar-refractivity contribution in [2.75, 3.05) is 33.4 Å². The van der Waals surface area contributed by atoms with Gasteiger partial charge in [0.05, 0.1) is 33.4 Å². The molecular formula is C26H30N6O7. The number of aromatic nitrogens is 4. The second-order valence-electron chi connectivity index (χ2n) is 8.55. The Morgan fingerprint density at radius 2 is 1.46 bits per heavy atom. The van der Waals surface area contributed by atoms with Gasteiger partial charge in [-0.1, -0.05) is 12.1 Å². The first-order valence-corrected chi connectivity index (χ1v) is 12.5. The normalized spacial score (nSPS) is 13.9. The molecule has 0 aliphatic carbocycles. The van der Waals surface area contributed by atoms with Gasteiger partial charge >= 0.3 is 11.9 Å². The van der Waals surface area contributed by atoms with E-state index in [4.69, 9.17) is 14.2 Å². The van der Waals surface area contributed by atoms with Crippen LogP contribution in [0.25, 0.3) is 0 Å². The molecule has 13 nitrogen and oxygen atoms in total. The van der Waals surface area contributed by atoms with Crippen LogP contribution in [0.1, 0.15) is 61.4 Å². The summed E-state index contributed by atoms with van der Waals surface area (Å²) in [6, 6.07) is 10.6. The number of nitrogens with zero attached hydrogens (tertiary/aromatic N) is 5. The Labute approximate surface area is 224 Å². The summed E-state index contributed by atoms with van der Waals surface area (Å²) >= 11 is 0. The first kappa shape index (κ1) is 27.4. The van der Waals surface area contributed by atoms with E-state index in [1.165, 1.54) is 16.8 Å². The monoisotopic (exact) mass is 538 g/mol. The maximum atomic E-state index is 12.6. The van der Waals surface area contributed by atoms with E-state index in [1.54, 1.807) is 30.5 Å². The molecule has 4 heterocycles. The molecule has 3 aromatic rings. The summed E-state index contributed by atoms with van der Waals surface area (Å²) in [4.78, 5) is 48.8. The second kappa shape index (κ2) is 12.2. The van der Waals surface area contributed by atoms with Crippen molar-refractivity contribution < 1.29 is 33.4 Å². The first-order valence-electron chi connectivity index (χ1n) is 12.5. The fraction of sp³-hybridized carbons (Fsp3) is 0.385. The first-order chi connectivity index (χ1) is 18.8. The molecule has 1 aromatic carbocycles. The Balaban J connectivity index is 0.000000202. The maximum absolute atomic E-state index is 12.6. The van der Waals surface area contributed by atoms with Crippen LogP contribution in [0.3, 0.4) is 0 Å². The highest BCUT2D eigenvalue weighted by atomic mass is 16.5. The topological polar surface area (TPSA) is 147 Å². The van der Waals surface area contributed by atoms with Crippen molar-refractivity contribution in [2.24, 2.45) is 0 Å². The minimum atomic E-state index is -0.506. The molecule has 206 valence electrons. The molecule has 0 atom stereocenters. The molecule has 2 aromatic heterocycles. The Bertz CT molecular complexity index is 1360. The lowest BCUT2D eigenvalue weighted by Crippen LogP contribution is -2.39. The molecule has 0 saturated carbocycles. The number of methoxy groups -OCH3 is 1. The van der Waals surface area contributed by atoms with E-state index in [1.807, 2.05) is 24.3 Å². The maximum Gasteiger partial charge on any atom is 0.358 e. The molecule has 2 aliphatic rings. The van der Waals surface area contributed by atoms with E-state index in [9.17, 15) is 19.2 Å². The predicted molar refractivity (Wildman–Crippen MR) is 136 cm³/mol. The standard InChI is InChI=1S/C17H19N3O4.C9H11N3O3/c1-3-24-17(22)14-10-15-16(21)19(8-9-20(15)18-14)11-12-4-6-13(23-2)7-5-12;1-2-15-9(14)6-5-7-8(13)10-3-4-12(7)11-6/h4-7,10H,3,8-9,11H2,1-2H3;5H,2-4H2,1H3,(H,10,13).